The Balaban J connectivity index is 2.27. The molecule has 0 amide bonds. The number of nitrogens with zero attached hydrogens (tertiary/aromatic N) is 1. The summed E-state index contributed by atoms with van der Waals surface area (Å²) in [4.78, 5) is 3.04. The molecule has 0 saturated heterocycles. The number of H-pyrrole nitrogens is 1. The number of hydrogen-bond donors (Lipinski definition) is 1. The van der Waals surface area contributed by atoms with E-state index >= 15 is 0 Å². The number of ether oxygens (including phenoxy) is 1. The van der Waals surface area contributed by atoms with Crippen LogP contribution in [0.15, 0.2) is 30.3 Å². The Morgan fingerprint density at radius 3 is 2.50 bits per heavy atom. The number of nitrogens with one attached hydrogen (secondary N) is 1. The standard InChI is InChI=1S/C16H14N2OS/c1-11-9-13(18-16(20)15(11)10-17)6-3-12-4-7-14(19-2)8-5-12/h3-9H,1-2H3,(H,18,20)/b6-3+. The van der Waals surface area contributed by atoms with Gasteiger partial charge in [-0.15, -0.1) is 0 Å². The van der Waals surface area contributed by atoms with Gasteiger partial charge in [0.1, 0.15) is 16.5 Å². The lowest BCUT2D eigenvalue weighted by Gasteiger charge is -2.01. The summed E-state index contributed by atoms with van der Waals surface area (Å²) in [6.07, 6.45) is 3.91. The van der Waals surface area contributed by atoms with Crippen molar-refractivity contribution in [1.29, 1.82) is 5.26 Å². The maximum Gasteiger partial charge on any atom is 0.121 e. The Morgan fingerprint density at radius 2 is 1.95 bits per heavy atom. The number of methoxy groups -OCH3 is 1. The lowest BCUT2D eigenvalue weighted by Crippen LogP contribution is -1.90. The number of nitriles is 1. The highest BCUT2D eigenvalue weighted by Gasteiger charge is 2.00. The van der Waals surface area contributed by atoms with E-state index in [2.05, 4.69) is 11.1 Å². The van der Waals surface area contributed by atoms with Gasteiger partial charge in [-0.1, -0.05) is 30.4 Å². The quantitative estimate of drug-likeness (QED) is 0.862. The molecule has 0 unspecified atom stereocenters. The van der Waals surface area contributed by atoms with Crippen molar-refractivity contribution >= 4 is 24.4 Å². The van der Waals surface area contributed by atoms with E-state index in [1.165, 1.54) is 0 Å². The zero-order valence-electron chi connectivity index (χ0n) is 11.3. The van der Waals surface area contributed by atoms with Crippen molar-refractivity contribution in [3.63, 3.8) is 0 Å². The predicted octanol–water partition coefficient (Wildman–Crippen LogP) is 4.10. The topological polar surface area (TPSA) is 48.8 Å². The minimum Gasteiger partial charge on any atom is -0.497 e. The van der Waals surface area contributed by atoms with Crippen molar-refractivity contribution in [2.75, 3.05) is 7.11 Å². The maximum atomic E-state index is 8.98. The van der Waals surface area contributed by atoms with Gasteiger partial charge in [-0.25, -0.2) is 0 Å². The van der Waals surface area contributed by atoms with Crippen LogP contribution in [-0.2, 0) is 0 Å². The van der Waals surface area contributed by atoms with Crippen molar-refractivity contribution in [2.45, 2.75) is 6.92 Å². The summed E-state index contributed by atoms with van der Waals surface area (Å²) in [6, 6.07) is 11.8. The van der Waals surface area contributed by atoms with Crippen LogP contribution in [0.25, 0.3) is 12.2 Å². The van der Waals surface area contributed by atoms with Crippen LogP contribution in [0, 0.1) is 22.9 Å². The van der Waals surface area contributed by atoms with Crippen LogP contribution in [0.4, 0.5) is 0 Å². The van der Waals surface area contributed by atoms with Crippen LogP contribution in [0.3, 0.4) is 0 Å². The predicted molar refractivity (Wildman–Crippen MR) is 83.0 cm³/mol. The number of aromatic nitrogens is 1. The largest absolute Gasteiger partial charge is 0.497 e. The first-order valence-corrected chi connectivity index (χ1v) is 6.51. The van der Waals surface area contributed by atoms with Crippen LogP contribution in [0.2, 0.25) is 0 Å². The summed E-state index contributed by atoms with van der Waals surface area (Å²) >= 11 is 5.16. The van der Waals surface area contributed by atoms with Crippen molar-refractivity contribution in [1.82, 2.24) is 4.98 Å². The molecule has 100 valence electrons. The molecule has 20 heavy (non-hydrogen) atoms. The Hall–Kier alpha value is -2.38. The second-order valence-corrected chi connectivity index (χ2v) is 4.74. The van der Waals surface area contributed by atoms with Gasteiger partial charge in [-0.3, -0.25) is 0 Å². The SMILES string of the molecule is COc1ccc(/C=C/c2cc(C)c(C#N)c(=S)[nH]2)cc1. The second-order valence-electron chi connectivity index (χ2n) is 4.33. The Labute approximate surface area is 123 Å². The van der Waals surface area contributed by atoms with E-state index in [1.807, 2.05) is 49.4 Å². The van der Waals surface area contributed by atoms with Crippen molar-refractivity contribution in [3.8, 4) is 11.8 Å². The van der Waals surface area contributed by atoms with Crippen molar-refractivity contribution < 1.29 is 4.74 Å². The molecule has 3 nitrogen and oxygen atoms in total. The van der Waals surface area contributed by atoms with E-state index in [4.69, 9.17) is 22.2 Å². The molecular formula is C16H14N2OS. The molecule has 2 aromatic rings. The van der Waals surface area contributed by atoms with Crippen molar-refractivity contribution in [2.24, 2.45) is 0 Å². The molecule has 0 atom stereocenters. The molecule has 1 heterocycles. The molecule has 0 aliphatic carbocycles. The first kappa shape index (κ1) is 14.0. The number of aryl methyl sites for hydroxylation is 1. The molecule has 1 N–H and O–H groups in total. The number of rotatable bonds is 3. The summed E-state index contributed by atoms with van der Waals surface area (Å²) in [6.45, 7) is 1.88. The third-order valence-corrected chi connectivity index (χ3v) is 3.24. The van der Waals surface area contributed by atoms with Crippen LogP contribution < -0.4 is 4.74 Å². The monoisotopic (exact) mass is 282 g/mol. The highest BCUT2D eigenvalue weighted by molar-refractivity contribution is 7.71. The first-order chi connectivity index (χ1) is 9.63. The van der Waals surface area contributed by atoms with Gasteiger partial charge in [-0.2, -0.15) is 5.26 Å². The van der Waals surface area contributed by atoms with Gasteiger partial charge < -0.3 is 9.72 Å². The highest BCUT2D eigenvalue weighted by Crippen LogP contribution is 2.15. The molecule has 0 bridgehead atoms. The summed E-state index contributed by atoms with van der Waals surface area (Å²) in [5, 5.41) is 8.98. The summed E-state index contributed by atoms with van der Waals surface area (Å²) in [5.41, 5.74) is 3.35. The second kappa shape index (κ2) is 6.18. The van der Waals surface area contributed by atoms with Gasteiger partial charge >= 0.3 is 0 Å². The molecule has 1 aromatic carbocycles. The van der Waals surface area contributed by atoms with Crippen LogP contribution in [-0.4, -0.2) is 12.1 Å². The lowest BCUT2D eigenvalue weighted by atomic mass is 10.1. The van der Waals surface area contributed by atoms with Gasteiger partial charge in [0.2, 0.25) is 0 Å². The number of pyridine rings is 1. The maximum absolute atomic E-state index is 8.98. The van der Waals surface area contributed by atoms with E-state index < -0.39 is 0 Å². The zero-order chi connectivity index (χ0) is 14.5. The van der Waals surface area contributed by atoms with Gasteiger partial charge in [0.05, 0.1) is 12.7 Å². The average molecular weight is 282 g/mol. The average Bonchev–Trinajstić information content (AvgIpc) is 2.45. The first-order valence-electron chi connectivity index (χ1n) is 6.10. The molecule has 2 rings (SSSR count). The molecule has 1 aromatic heterocycles. The molecule has 0 fully saturated rings. The third-order valence-electron chi connectivity index (χ3n) is 2.93. The van der Waals surface area contributed by atoms with Crippen LogP contribution in [0.1, 0.15) is 22.4 Å². The van der Waals surface area contributed by atoms with Gasteiger partial charge in [0.25, 0.3) is 0 Å². The summed E-state index contributed by atoms with van der Waals surface area (Å²) < 4.78 is 5.59. The molecular weight excluding hydrogens is 268 g/mol. The Morgan fingerprint density at radius 1 is 1.25 bits per heavy atom. The van der Waals surface area contributed by atoms with Crippen molar-refractivity contribution in [3.05, 3.63) is 57.4 Å². The van der Waals surface area contributed by atoms with Gasteiger partial charge in [0, 0.05) is 5.69 Å². The van der Waals surface area contributed by atoms with Gasteiger partial charge in [0.15, 0.2) is 0 Å². The number of benzene rings is 1. The summed E-state index contributed by atoms with van der Waals surface area (Å²) in [7, 11) is 1.64. The minimum absolute atomic E-state index is 0.474. The van der Waals surface area contributed by atoms with Crippen LogP contribution in [0.5, 0.6) is 5.75 Å². The van der Waals surface area contributed by atoms with E-state index in [9.17, 15) is 0 Å². The number of aromatic amines is 1. The highest BCUT2D eigenvalue weighted by atomic mass is 32.1. The van der Waals surface area contributed by atoms with Gasteiger partial charge in [-0.05, 0) is 42.3 Å². The lowest BCUT2D eigenvalue weighted by molar-refractivity contribution is 0.415. The van der Waals surface area contributed by atoms with E-state index in [1.54, 1.807) is 7.11 Å². The molecule has 0 spiro atoms. The Bertz CT molecular complexity index is 737. The van der Waals surface area contributed by atoms with E-state index in [-0.39, 0.29) is 0 Å². The molecule has 4 heteroatoms. The Kier molecular flexibility index (Phi) is 4.34. The summed E-state index contributed by atoms with van der Waals surface area (Å²) in [5.74, 6) is 0.829. The molecule has 0 aliphatic heterocycles. The fraction of sp³-hybridized carbons (Fsp3) is 0.125. The van der Waals surface area contributed by atoms with E-state index in [0.717, 1.165) is 22.6 Å². The minimum atomic E-state index is 0.474. The van der Waals surface area contributed by atoms with E-state index in [0.29, 0.717) is 10.2 Å². The normalized spacial score (nSPS) is 10.4. The zero-order valence-corrected chi connectivity index (χ0v) is 12.1. The smallest absolute Gasteiger partial charge is 0.121 e. The molecule has 0 radical (unpaired) electrons. The third kappa shape index (κ3) is 3.14. The fourth-order valence-electron chi connectivity index (χ4n) is 1.84. The fourth-order valence-corrected chi connectivity index (χ4v) is 2.17. The number of hydrogen-bond acceptors (Lipinski definition) is 3. The molecule has 0 saturated carbocycles. The molecule has 0 aliphatic rings. The van der Waals surface area contributed by atoms with Crippen LogP contribution >= 0.6 is 12.2 Å².